The van der Waals surface area contributed by atoms with Gasteiger partial charge in [-0.1, -0.05) is 13.0 Å². The zero-order valence-electron chi connectivity index (χ0n) is 26.2. The maximum Gasteiger partial charge on any atom is 0.418 e. The molecule has 0 aliphatic rings. The normalized spacial score (nSPS) is 13.3. The van der Waals surface area contributed by atoms with Gasteiger partial charge in [0.15, 0.2) is 0 Å². The maximum absolute atomic E-state index is 15.1. The molecule has 0 saturated heterocycles. The lowest BCUT2D eigenvalue weighted by atomic mass is 9.82. The van der Waals surface area contributed by atoms with Crippen molar-refractivity contribution in [1.29, 1.82) is 0 Å². The third-order valence-corrected chi connectivity index (χ3v) is 8.15. The molecular weight excluding hydrogens is 681 g/mol. The first kappa shape index (κ1) is 39.2. The first-order chi connectivity index (χ1) is 21.5. The Morgan fingerprint density at radius 2 is 1.98 bits per heavy atom. The molecule has 4 rings (SSSR count). The molecule has 0 radical (unpaired) electrons. The van der Waals surface area contributed by atoms with Crippen LogP contribution in [0.2, 0.25) is 0 Å². The van der Waals surface area contributed by atoms with Gasteiger partial charge < -0.3 is 37.6 Å². The van der Waals surface area contributed by atoms with Gasteiger partial charge in [-0.25, -0.2) is 23.5 Å². The number of aliphatic hydroxyl groups is 1. The Labute approximate surface area is 286 Å². The number of thiazole rings is 1. The van der Waals surface area contributed by atoms with Crippen molar-refractivity contribution in [2.45, 2.75) is 44.7 Å². The summed E-state index contributed by atoms with van der Waals surface area (Å²) in [5.41, 5.74) is -1.72. The van der Waals surface area contributed by atoms with Crippen LogP contribution in [0.15, 0.2) is 54.6 Å². The summed E-state index contributed by atoms with van der Waals surface area (Å²) in [6.07, 6.45) is 2.72. The highest BCUT2D eigenvalue weighted by molar-refractivity contribution is 7.10. The van der Waals surface area contributed by atoms with Gasteiger partial charge in [-0.2, -0.15) is 4.57 Å². The van der Waals surface area contributed by atoms with E-state index in [0.717, 1.165) is 18.2 Å². The van der Waals surface area contributed by atoms with Gasteiger partial charge in [-0.05, 0) is 31.3 Å². The SMILES string of the molecule is CNCC(=O)OCc1cccnc1N(C)C(=O)OC(C)[n+]1cnn(C[C@](O)(c2cc(F)ccc2F)[C@@H](C)c2nc(NC)cs2)c1.Cl.[Cl-]. The second kappa shape index (κ2) is 17.3. The fourth-order valence-corrected chi connectivity index (χ4v) is 5.47. The molecule has 1 unspecified atom stereocenters. The molecule has 1 amide bonds. The average molecular weight is 718 g/mol. The molecule has 47 heavy (non-hydrogen) atoms. The van der Waals surface area contributed by atoms with E-state index in [-0.39, 0.29) is 55.9 Å². The Morgan fingerprint density at radius 1 is 1.23 bits per heavy atom. The van der Waals surface area contributed by atoms with Crippen molar-refractivity contribution in [2.75, 3.05) is 37.9 Å². The van der Waals surface area contributed by atoms with Crippen LogP contribution in [0.4, 0.5) is 25.2 Å². The summed E-state index contributed by atoms with van der Waals surface area (Å²) < 4.78 is 43.0. The van der Waals surface area contributed by atoms with Crippen molar-refractivity contribution >= 4 is 47.4 Å². The van der Waals surface area contributed by atoms with Crippen molar-refractivity contribution in [3.05, 3.63) is 82.3 Å². The fourth-order valence-electron chi connectivity index (χ4n) is 4.52. The molecule has 3 aromatic heterocycles. The number of nitrogens with one attached hydrogen (secondary N) is 2. The molecule has 13 nitrogen and oxygen atoms in total. The van der Waals surface area contributed by atoms with E-state index in [0.29, 0.717) is 16.4 Å². The first-order valence-electron chi connectivity index (χ1n) is 13.9. The number of esters is 1. The van der Waals surface area contributed by atoms with Crippen LogP contribution in [0.5, 0.6) is 0 Å². The van der Waals surface area contributed by atoms with Crippen LogP contribution >= 0.6 is 23.7 Å². The molecule has 3 N–H and O–H groups in total. The van der Waals surface area contributed by atoms with Crippen molar-refractivity contribution in [3.63, 3.8) is 0 Å². The van der Waals surface area contributed by atoms with E-state index in [2.05, 4.69) is 25.7 Å². The summed E-state index contributed by atoms with van der Waals surface area (Å²) in [7, 11) is 4.79. The van der Waals surface area contributed by atoms with Crippen LogP contribution in [0.25, 0.3) is 0 Å². The van der Waals surface area contributed by atoms with Crippen molar-refractivity contribution in [1.82, 2.24) is 25.1 Å². The Hall–Kier alpha value is -3.96. The number of hydrogen-bond donors (Lipinski definition) is 3. The van der Waals surface area contributed by atoms with Gasteiger partial charge in [-0.3, -0.25) is 9.69 Å². The predicted octanol–water partition coefficient (Wildman–Crippen LogP) is 0.513. The van der Waals surface area contributed by atoms with Gasteiger partial charge >= 0.3 is 12.1 Å². The molecule has 0 fully saturated rings. The minimum atomic E-state index is -1.97. The summed E-state index contributed by atoms with van der Waals surface area (Å²) in [6.45, 7) is 2.94. The Bertz CT molecular complexity index is 1650. The number of halogens is 4. The number of anilines is 2. The van der Waals surface area contributed by atoms with Crippen molar-refractivity contribution < 1.29 is 49.9 Å². The van der Waals surface area contributed by atoms with Gasteiger partial charge in [0, 0.05) is 54.7 Å². The Morgan fingerprint density at radius 3 is 2.66 bits per heavy atom. The lowest BCUT2D eigenvalue weighted by Crippen LogP contribution is -3.00. The summed E-state index contributed by atoms with van der Waals surface area (Å²) in [5.74, 6) is -1.91. The average Bonchev–Trinajstić information content (AvgIpc) is 3.70. The summed E-state index contributed by atoms with van der Waals surface area (Å²) in [4.78, 5) is 34.7. The molecule has 0 saturated carbocycles. The molecule has 0 aliphatic carbocycles. The zero-order chi connectivity index (χ0) is 32.7. The fraction of sp³-hybridized carbons (Fsp3) is 0.379. The van der Waals surface area contributed by atoms with E-state index < -0.39 is 41.4 Å². The van der Waals surface area contributed by atoms with Crippen molar-refractivity contribution in [2.24, 2.45) is 0 Å². The molecule has 256 valence electrons. The number of carbonyl (C=O) groups excluding carboxylic acids is 2. The molecule has 0 spiro atoms. The number of likely N-dealkylation sites (N-methyl/N-ethyl adjacent to an activating group) is 1. The third kappa shape index (κ3) is 9.32. The minimum Gasteiger partial charge on any atom is -1.00 e. The second-order valence-electron chi connectivity index (χ2n) is 10.2. The second-order valence-corrected chi connectivity index (χ2v) is 11.1. The highest BCUT2D eigenvalue weighted by atomic mass is 35.5. The van der Waals surface area contributed by atoms with Crippen LogP contribution in [0.1, 0.15) is 42.1 Å². The minimum absolute atomic E-state index is 0. The number of aromatic nitrogens is 5. The van der Waals surface area contributed by atoms with Crippen LogP contribution in [0.3, 0.4) is 0 Å². The van der Waals surface area contributed by atoms with E-state index in [9.17, 15) is 19.1 Å². The highest BCUT2D eigenvalue weighted by Gasteiger charge is 2.43. The lowest BCUT2D eigenvalue weighted by Gasteiger charge is -2.32. The molecule has 18 heteroatoms. The van der Waals surface area contributed by atoms with E-state index >= 15 is 4.39 Å². The monoisotopic (exact) mass is 716 g/mol. The smallest absolute Gasteiger partial charge is 0.418 e. The Kier molecular flexibility index (Phi) is 14.4. The number of ether oxygens (including phenoxy) is 2. The van der Waals surface area contributed by atoms with E-state index in [1.54, 1.807) is 45.5 Å². The third-order valence-electron chi connectivity index (χ3n) is 7.12. The largest absolute Gasteiger partial charge is 1.00 e. The van der Waals surface area contributed by atoms with Gasteiger partial charge in [0.25, 0.3) is 6.33 Å². The molecule has 0 aliphatic heterocycles. The number of benzene rings is 1. The van der Waals surface area contributed by atoms with Gasteiger partial charge in [0.05, 0.1) is 6.54 Å². The van der Waals surface area contributed by atoms with Crippen molar-refractivity contribution in [3.8, 4) is 0 Å². The topological polar surface area (TPSA) is 148 Å². The standard InChI is InChI=1S/C29H35F2N8O5S.2ClH/c1-18(27-36-24(33-4)14-45-27)29(42,22-11-21(30)8-9-23(22)31)15-39-17-38(16-35-39)19(2)44-28(41)37(5)26-20(7-6-10-34-26)13-43-25(40)12-32-3;;/h6-11,14,16-19,32-33,42H,12-13,15H2,1-5H3;2*1H/q+1;;/p-1/t18-,19?,29+;;/m0../s1. The zero-order valence-corrected chi connectivity index (χ0v) is 28.6. The maximum atomic E-state index is 15.1. The number of pyridine rings is 1. The number of amides is 1. The molecule has 3 heterocycles. The van der Waals surface area contributed by atoms with Gasteiger partial charge in [0.1, 0.15) is 47.0 Å². The van der Waals surface area contributed by atoms with Crippen LogP contribution in [0, 0.1) is 11.6 Å². The lowest BCUT2D eigenvalue weighted by molar-refractivity contribution is -0.753. The van der Waals surface area contributed by atoms with Crippen LogP contribution < -0.4 is 32.5 Å². The Balaban J connectivity index is 0.00000384. The molecule has 3 atom stereocenters. The molecule has 0 bridgehead atoms. The van der Waals surface area contributed by atoms with Gasteiger partial charge in [-0.15, -0.1) is 28.4 Å². The number of hydrogen-bond acceptors (Lipinski definition) is 11. The molecular formula is C29H36Cl2F2N8O5S. The van der Waals surface area contributed by atoms with E-state index in [1.165, 1.54) is 51.4 Å². The number of rotatable bonds is 13. The first-order valence-corrected chi connectivity index (χ1v) is 14.8. The molecule has 4 aromatic rings. The number of nitrogens with zero attached hydrogens (tertiary/aromatic N) is 6. The highest BCUT2D eigenvalue weighted by Crippen LogP contribution is 2.41. The summed E-state index contributed by atoms with van der Waals surface area (Å²) >= 11 is 1.27. The number of carbonyl (C=O) groups is 2. The quantitative estimate of drug-likeness (QED) is 0.132. The summed E-state index contributed by atoms with van der Waals surface area (Å²) in [6, 6.07) is 6.23. The van der Waals surface area contributed by atoms with Crippen LogP contribution in [-0.2, 0) is 33.0 Å². The summed E-state index contributed by atoms with van der Waals surface area (Å²) in [5, 5.41) is 24.2. The van der Waals surface area contributed by atoms with Crippen LogP contribution in [-0.4, -0.2) is 64.6 Å². The molecule has 1 aromatic carbocycles. The van der Waals surface area contributed by atoms with E-state index in [1.807, 2.05) is 0 Å². The predicted molar refractivity (Wildman–Crippen MR) is 168 cm³/mol. The van der Waals surface area contributed by atoms with Gasteiger partial charge in [0.2, 0.25) is 12.6 Å². The van der Waals surface area contributed by atoms with E-state index in [4.69, 9.17) is 9.47 Å².